The number of benzene rings is 1. The van der Waals surface area contributed by atoms with Gasteiger partial charge in [-0.25, -0.2) is 4.79 Å². The molecule has 19 heavy (non-hydrogen) atoms. The summed E-state index contributed by atoms with van der Waals surface area (Å²) >= 11 is 0. The first-order chi connectivity index (χ1) is 9.24. The fourth-order valence-electron chi connectivity index (χ4n) is 1.83. The lowest BCUT2D eigenvalue weighted by Gasteiger charge is -2.02. The zero-order valence-corrected chi connectivity index (χ0v) is 11.2. The van der Waals surface area contributed by atoms with Crippen LogP contribution in [0, 0.1) is 0 Å². The number of esters is 1. The van der Waals surface area contributed by atoms with Crippen LogP contribution in [0.3, 0.4) is 0 Å². The van der Waals surface area contributed by atoms with Gasteiger partial charge in [0.1, 0.15) is 12.3 Å². The van der Waals surface area contributed by atoms with Gasteiger partial charge in [-0.3, -0.25) is 0 Å². The lowest BCUT2D eigenvalue weighted by atomic mass is 10.1. The van der Waals surface area contributed by atoms with Gasteiger partial charge in [0.2, 0.25) is 0 Å². The fraction of sp³-hybridized carbons (Fsp3) is 0.267. The summed E-state index contributed by atoms with van der Waals surface area (Å²) in [5.41, 5.74) is 1.51. The van der Waals surface area contributed by atoms with E-state index in [1.165, 1.54) is 0 Å². The number of hydrogen-bond acceptors (Lipinski definition) is 3. The highest BCUT2D eigenvalue weighted by atomic mass is 16.5. The van der Waals surface area contributed by atoms with Crippen molar-refractivity contribution >= 4 is 5.97 Å². The standard InChI is InChI=1S/C15H17NO3/c1-3-18-15(17)12-6-4-11(5-7-12)14-9-8-13(19-14)10-16-2/h4-9,16H,3,10H2,1-2H3/p+1. The maximum Gasteiger partial charge on any atom is 0.338 e. The van der Waals surface area contributed by atoms with E-state index >= 15 is 0 Å². The minimum Gasteiger partial charge on any atom is -0.462 e. The molecule has 0 fully saturated rings. The second-order valence-electron chi connectivity index (χ2n) is 4.18. The van der Waals surface area contributed by atoms with Crippen molar-refractivity contribution < 1.29 is 19.3 Å². The molecule has 0 spiro atoms. The van der Waals surface area contributed by atoms with Crippen LogP contribution < -0.4 is 5.32 Å². The first-order valence-corrected chi connectivity index (χ1v) is 6.38. The normalized spacial score (nSPS) is 10.4. The van der Waals surface area contributed by atoms with Crippen molar-refractivity contribution in [3.8, 4) is 11.3 Å². The number of carbonyl (C=O) groups excluding carboxylic acids is 1. The average Bonchev–Trinajstić information content (AvgIpc) is 2.88. The Bertz CT molecular complexity index is 543. The van der Waals surface area contributed by atoms with E-state index in [2.05, 4.69) is 0 Å². The van der Waals surface area contributed by atoms with Gasteiger partial charge >= 0.3 is 5.97 Å². The predicted molar refractivity (Wildman–Crippen MR) is 71.7 cm³/mol. The Morgan fingerprint density at radius 1 is 1.21 bits per heavy atom. The van der Waals surface area contributed by atoms with Gasteiger partial charge in [0.15, 0.2) is 5.76 Å². The fourth-order valence-corrected chi connectivity index (χ4v) is 1.83. The van der Waals surface area contributed by atoms with Crippen molar-refractivity contribution in [2.75, 3.05) is 13.7 Å². The molecule has 100 valence electrons. The van der Waals surface area contributed by atoms with Crippen LogP contribution >= 0.6 is 0 Å². The van der Waals surface area contributed by atoms with Crippen LogP contribution in [0.2, 0.25) is 0 Å². The summed E-state index contributed by atoms with van der Waals surface area (Å²) in [4.78, 5) is 11.5. The molecule has 0 bridgehead atoms. The van der Waals surface area contributed by atoms with Gasteiger partial charge in [-0.15, -0.1) is 0 Å². The van der Waals surface area contributed by atoms with E-state index in [1.54, 1.807) is 19.1 Å². The van der Waals surface area contributed by atoms with E-state index in [9.17, 15) is 4.79 Å². The van der Waals surface area contributed by atoms with Gasteiger partial charge in [-0.05, 0) is 31.2 Å². The molecule has 0 unspecified atom stereocenters. The van der Waals surface area contributed by atoms with Gasteiger partial charge in [0, 0.05) is 5.56 Å². The Hall–Kier alpha value is -2.07. The molecule has 4 nitrogen and oxygen atoms in total. The van der Waals surface area contributed by atoms with Gasteiger partial charge in [-0.2, -0.15) is 0 Å². The van der Waals surface area contributed by atoms with Gasteiger partial charge < -0.3 is 14.5 Å². The molecule has 0 aliphatic rings. The molecule has 1 aromatic heterocycles. The Morgan fingerprint density at radius 2 is 1.95 bits per heavy atom. The zero-order valence-electron chi connectivity index (χ0n) is 11.2. The number of quaternary nitrogens is 1. The first kappa shape index (κ1) is 13.4. The van der Waals surface area contributed by atoms with Crippen LogP contribution in [0.1, 0.15) is 23.0 Å². The largest absolute Gasteiger partial charge is 0.462 e. The molecular weight excluding hydrogens is 242 g/mol. The van der Waals surface area contributed by atoms with Crippen LogP contribution in [-0.4, -0.2) is 19.6 Å². The molecule has 2 aromatic rings. The summed E-state index contributed by atoms with van der Waals surface area (Å²) in [7, 11) is 2.00. The highest BCUT2D eigenvalue weighted by molar-refractivity contribution is 5.89. The molecule has 0 saturated carbocycles. The number of rotatable bonds is 5. The molecule has 4 heteroatoms. The molecule has 2 N–H and O–H groups in total. The molecule has 0 radical (unpaired) electrons. The van der Waals surface area contributed by atoms with Crippen LogP contribution in [0.25, 0.3) is 11.3 Å². The maximum atomic E-state index is 11.5. The third-order valence-corrected chi connectivity index (χ3v) is 2.75. The third kappa shape index (κ3) is 3.23. The van der Waals surface area contributed by atoms with E-state index in [1.807, 2.05) is 36.6 Å². The van der Waals surface area contributed by atoms with Crippen molar-refractivity contribution in [1.29, 1.82) is 0 Å². The van der Waals surface area contributed by atoms with Crippen LogP contribution in [0.4, 0.5) is 0 Å². The van der Waals surface area contributed by atoms with Crippen molar-refractivity contribution in [2.24, 2.45) is 0 Å². The molecule has 1 heterocycles. The highest BCUT2D eigenvalue weighted by Gasteiger charge is 2.08. The SMILES string of the molecule is CCOC(=O)c1ccc(-c2ccc(C[NH2+]C)o2)cc1. The Kier molecular flexibility index (Phi) is 4.36. The predicted octanol–water partition coefficient (Wildman–Crippen LogP) is 1.82. The monoisotopic (exact) mass is 260 g/mol. The van der Waals surface area contributed by atoms with E-state index in [0.717, 1.165) is 23.6 Å². The zero-order chi connectivity index (χ0) is 13.7. The van der Waals surface area contributed by atoms with Crippen molar-refractivity contribution in [1.82, 2.24) is 0 Å². The molecule has 1 aromatic carbocycles. The van der Waals surface area contributed by atoms with Crippen LogP contribution in [-0.2, 0) is 11.3 Å². The van der Waals surface area contributed by atoms with E-state index in [0.29, 0.717) is 12.2 Å². The molecule has 0 atom stereocenters. The number of nitrogens with two attached hydrogens (primary N) is 1. The molecule has 0 aliphatic heterocycles. The summed E-state index contributed by atoms with van der Waals surface area (Å²) < 4.78 is 10.7. The number of carbonyl (C=O) groups is 1. The van der Waals surface area contributed by atoms with E-state index < -0.39 is 0 Å². The second-order valence-corrected chi connectivity index (χ2v) is 4.18. The summed E-state index contributed by atoms with van der Waals surface area (Å²) in [5, 5.41) is 2.05. The smallest absolute Gasteiger partial charge is 0.338 e. The topological polar surface area (TPSA) is 56.0 Å². The second kappa shape index (κ2) is 6.20. The van der Waals surface area contributed by atoms with Gasteiger partial charge in [0.25, 0.3) is 0 Å². The Balaban J connectivity index is 2.15. The molecule has 0 amide bonds. The minimum atomic E-state index is -0.297. The first-order valence-electron chi connectivity index (χ1n) is 6.38. The van der Waals surface area contributed by atoms with E-state index in [4.69, 9.17) is 9.15 Å². The summed E-state index contributed by atoms with van der Waals surface area (Å²) in [6.07, 6.45) is 0. The van der Waals surface area contributed by atoms with E-state index in [-0.39, 0.29) is 5.97 Å². The molecule has 2 rings (SSSR count). The third-order valence-electron chi connectivity index (χ3n) is 2.75. The summed E-state index contributed by atoms with van der Waals surface area (Å²) in [6.45, 7) is 3.00. The van der Waals surface area contributed by atoms with Crippen LogP contribution in [0.15, 0.2) is 40.8 Å². The lowest BCUT2D eigenvalue weighted by molar-refractivity contribution is -0.645. The number of furan rings is 1. The molecule has 0 saturated heterocycles. The lowest BCUT2D eigenvalue weighted by Crippen LogP contribution is -2.77. The van der Waals surface area contributed by atoms with Crippen molar-refractivity contribution in [3.05, 3.63) is 47.7 Å². The minimum absolute atomic E-state index is 0.297. The average molecular weight is 260 g/mol. The quantitative estimate of drug-likeness (QED) is 0.834. The highest BCUT2D eigenvalue weighted by Crippen LogP contribution is 2.22. The summed E-state index contributed by atoms with van der Waals surface area (Å²) in [6, 6.07) is 11.1. The number of ether oxygens (including phenoxy) is 1. The maximum absolute atomic E-state index is 11.5. The number of hydrogen-bond donors (Lipinski definition) is 1. The van der Waals surface area contributed by atoms with Gasteiger partial charge in [-0.1, -0.05) is 12.1 Å². The summed E-state index contributed by atoms with van der Waals surface area (Å²) in [5.74, 6) is 1.45. The van der Waals surface area contributed by atoms with Crippen LogP contribution in [0.5, 0.6) is 0 Å². The Morgan fingerprint density at radius 3 is 2.58 bits per heavy atom. The Labute approximate surface area is 112 Å². The van der Waals surface area contributed by atoms with Crippen molar-refractivity contribution in [2.45, 2.75) is 13.5 Å². The molecule has 0 aliphatic carbocycles. The molecular formula is C15H18NO3+. The van der Waals surface area contributed by atoms with Gasteiger partial charge in [0.05, 0.1) is 19.2 Å². The van der Waals surface area contributed by atoms with Crippen molar-refractivity contribution in [3.63, 3.8) is 0 Å².